The van der Waals surface area contributed by atoms with Crippen LogP contribution in [0.15, 0.2) is 6.20 Å². The zero-order valence-electron chi connectivity index (χ0n) is 7.53. The van der Waals surface area contributed by atoms with E-state index in [1.54, 1.807) is 0 Å². The Morgan fingerprint density at radius 1 is 1.50 bits per heavy atom. The van der Waals surface area contributed by atoms with Crippen LogP contribution in [-0.4, -0.2) is 15.0 Å². The first-order valence-corrected chi connectivity index (χ1v) is 4.71. The molecule has 0 radical (unpaired) electrons. The summed E-state index contributed by atoms with van der Waals surface area (Å²) in [7, 11) is 0. The molecule has 66 valence electrons. The van der Waals surface area contributed by atoms with Crippen molar-refractivity contribution in [1.29, 1.82) is 0 Å². The lowest BCUT2D eigenvalue weighted by atomic mass is 10.1. The van der Waals surface area contributed by atoms with E-state index in [1.807, 2.05) is 10.9 Å². The summed E-state index contributed by atoms with van der Waals surface area (Å²) < 4.78 is 2.02. The molecule has 0 N–H and O–H groups in total. The first-order chi connectivity index (χ1) is 5.86. The lowest BCUT2D eigenvalue weighted by Gasteiger charge is -2.08. The van der Waals surface area contributed by atoms with E-state index < -0.39 is 0 Å². The molecule has 1 aliphatic rings. The largest absolute Gasteiger partial charge is 0.249 e. The Morgan fingerprint density at radius 2 is 2.25 bits per heavy atom. The molecule has 1 aromatic rings. The van der Waals surface area contributed by atoms with Crippen molar-refractivity contribution in [3.63, 3.8) is 0 Å². The monoisotopic (exact) mass is 165 g/mol. The number of aromatic nitrogens is 3. The number of nitrogens with zero attached hydrogens (tertiary/aromatic N) is 3. The van der Waals surface area contributed by atoms with Gasteiger partial charge in [0.25, 0.3) is 0 Å². The molecule has 1 aromatic heterocycles. The van der Waals surface area contributed by atoms with E-state index in [0.29, 0.717) is 0 Å². The molecule has 0 aromatic carbocycles. The van der Waals surface area contributed by atoms with Gasteiger partial charge in [-0.1, -0.05) is 18.1 Å². The molecule has 12 heavy (non-hydrogen) atoms. The van der Waals surface area contributed by atoms with Gasteiger partial charge in [0.05, 0.1) is 11.9 Å². The van der Waals surface area contributed by atoms with Crippen LogP contribution in [0.5, 0.6) is 0 Å². The molecule has 1 heterocycles. The number of rotatable bonds is 2. The van der Waals surface area contributed by atoms with Crippen molar-refractivity contribution >= 4 is 0 Å². The van der Waals surface area contributed by atoms with Crippen molar-refractivity contribution in [3.05, 3.63) is 11.9 Å². The second-order valence-electron chi connectivity index (χ2n) is 3.71. The molecular formula is C9H15N3. The average molecular weight is 165 g/mol. The second-order valence-corrected chi connectivity index (χ2v) is 3.71. The smallest absolute Gasteiger partial charge is 0.0722 e. The minimum absolute atomic E-state index is 0.852. The van der Waals surface area contributed by atoms with Gasteiger partial charge in [0.2, 0.25) is 0 Å². The van der Waals surface area contributed by atoms with Crippen LogP contribution in [0.1, 0.15) is 31.4 Å². The lowest BCUT2D eigenvalue weighted by molar-refractivity contribution is 0.416. The van der Waals surface area contributed by atoms with Gasteiger partial charge >= 0.3 is 0 Å². The van der Waals surface area contributed by atoms with Gasteiger partial charge in [-0.05, 0) is 25.7 Å². The molecule has 0 amide bonds. The lowest BCUT2D eigenvalue weighted by Crippen LogP contribution is -2.10. The summed E-state index contributed by atoms with van der Waals surface area (Å²) in [4.78, 5) is 0. The molecule has 1 saturated carbocycles. The van der Waals surface area contributed by atoms with E-state index in [0.717, 1.165) is 12.5 Å². The molecule has 3 heteroatoms. The van der Waals surface area contributed by atoms with Gasteiger partial charge in [-0.25, -0.2) is 4.68 Å². The number of hydrogen-bond acceptors (Lipinski definition) is 2. The number of aryl methyl sites for hydroxylation is 1. The van der Waals surface area contributed by atoms with Gasteiger partial charge < -0.3 is 0 Å². The van der Waals surface area contributed by atoms with Gasteiger partial charge in [-0.15, -0.1) is 5.10 Å². The highest BCUT2D eigenvalue weighted by Gasteiger charge is 2.16. The van der Waals surface area contributed by atoms with E-state index in [2.05, 4.69) is 17.2 Å². The Bertz CT molecular complexity index is 248. The summed E-state index contributed by atoms with van der Waals surface area (Å²) in [5, 5.41) is 7.92. The standard InChI is InChI=1S/C9H15N3/c1-8-6-10-11-12(8)7-9-4-2-3-5-9/h6,9H,2-5,7H2,1H3. The van der Waals surface area contributed by atoms with Crippen molar-refractivity contribution in [2.45, 2.75) is 39.2 Å². The highest BCUT2D eigenvalue weighted by molar-refractivity contribution is 4.89. The Hall–Kier alpha value is -0.860. The fraction of sp³-hybridized carbons (Fsp3) is 0.778. The van der Waals surface area contributed by atoms with Gasteiger partial charge in [0.15, 0.2) is 0 Å². The highest BCUT2D eigenvalue weighted by atomic mass is 15.4. The van der Waals surface area contributed by atoms with E-state index in [1.165, 1.54) is 31.4 Å². The third kappa shape index (κ3) is 1.49. The number of hydrogen-bond donors (Lipinski definition) is 0. The molecule has 0 aliphatic heterocycles. The first-order valence-electron chi connectivity index (χ1n) is 4.71. The van der Waals surface area contributed by atoms with Crippen molar-refractivity contribution in [2.75, 3.05) is 0 Å². The van der Waals surface area contributed by atoms with Crippen LogP contribution < -0.4 is 0 Å². The molecule has 2 rings (SSSR count). The molecule has 3 nitrogen and oxygen atoms in total. The Labute approximate surface area is 72.8 Å². The molecule has 1 aliphatic carbocycles. The van der Waals surface area contributed by atoms with Gasteiger partial charge in [-0.3, -0.25) is 0 Å². The summed E-state index contributed by atoms with van der Waals surface area (Å²) in [6, 6.07) is 0. The van der Waals surface area contributed by atoms with Gasteiger partial charge in [-0.2, -0.15) is 0 Å². The SMILES string of the molecule is Cc1cnnn1CC1CCCC1. The molecule has 0 unspecified atom stereocenters. The Morgan fingerprint density at radius 3 is 2.83 bits per heavy atom. The third-order valence-corrected chi connectivity index (χ3v) is 2.72. The van der Waals surface area contributed by atoms with Crippen molar-refractivity contribution in [1.82, 2.24) is 15.0 Å². The normalized spacial score (nSPS) is 18.8. The van der Waals surface area contributed by atoms with Crippen LogP contribution in [0.25, 0.3) is 0 Å². The summed E-state index contributed by atoms with van der Waals surface area (Å²) in [5.41, 5.74) is 1.18. The van der Waals surface area contributed by atoms with Crippen LogP contribution in [0.2, 0.25) is 0 Å². The second kappa shape index (κ2) is 3.25. The van der Waals surface area contributed by atoms with Crippen molar-refractivity contribution in [2.24, 2.45) is 5.92 Å². The Kier molecular flexibility index (Phi) is 2.11. The topological polar surface area (TPSA) is 30.7 Å². The summed E-state index contributed by atoms with van der Waals surface area (Å²) in [6.45, 7) is 3.14. The minimum atomic E-state index is 0.852. The predicted octanol–water partition coefficient (Wildman–Crippen LogP) is 1.78. The minimum Gasteiger partial charge on any atom is -0.249 e. The van der Waals surface area contributed by atoms with E-state index in [4.69, 9.17) is 0 Å². The molecule has 0 spiro atoms. The first kappa shape index (κ1) is 7.77. The third-order valence-electron chi connectivity index (χ3n) is 2.72. The maximum absolute atomic E-state index is 4.05. The predicted molar refractivity (Wildman–Crippen MR) is 46.7 cm³/mol. The van der Waals surface area contributed by atoms with Crippen molar-refractivity contribution < 1.29 is 0 Å². The fourth-order valence-electron chi connectivity index (χ4n) is 1.93. The van der Waals surface area contributed by atoms with Crippen molar-refractivity contribution in [3.8, 4) is 0 Å². The summed E-state index contributed by atoms with van der Waals surface area (Å²) in [5.74, 6) is 0.852. The van der Waals surface area contributed by atoms with Crippen LogP contribution >= 0.6 is 0 Å². The average Bonchev–Trinajstić information content (AvgIpc) is 2.65. The summed E-state index contributed by atoms with van der Waals surface area (Å²) in [6.07, 6.45) is 7.38. The van der Waals surface area contributed by atoms with E-state index >= 15 is 0 Å². The fourth-order valence-corrected chi connectivity index (χ4v) is 1.93. The van der Waals surface area contributed by atoms with Crippen LogP contribution in [0.4, 0.5) is 0 Å². The van der Waals surface area contributed by atoms with Gasteiger partial charge in [0.1, 0.15) is 0 Å². The summed E-state index contributed by atoms with van der Waals surface area (Å²) >= 11 is 0. The zero-order chi connectivity index (χ0) is 8.39. The van der Waals surface area contributed by atoms with Crippen LogP contribution in [0.3, 0.4) is 0 Å². The Balaban J connectivity index is 1.98. The van der Waals surface area contributed by atoms with Crippen LogP contribution in [-0.2, 0) is 6.54 Å². The quantitative estimate of drug-likeness (QED) is 0.668. The molecule has 0 bridgehead atoms. The molecule has 0 saturated heterocycles. The maximum Gasteiger partial charge on any atom is 0.0722 e. The van der Waals surface area contributed by atoms with Crippen LogP contribution in [0, 0.1) is 12.8 Å². The van der Waals surface area contributed by atoms with E-state index in [-0.39, 0.29) is 0 Å². The molecule has 1 fully saturated rings. The highest BCUT2D eigenvalue weighted by Crippen LogP contribution is 2.25. The maximum atomic E-state index is 4.05. The molecule has 0 atom stereocenters. The molecular weight excluding hydrogens is 150 g/mol. The van der Waals surface area contributed by atoms with Gasteiger partial charge in [0, 0.05) is 6.54 Å². The van der Waals surface area contributed by atoms with E-state index in [9.17, 15) is 0 Å². The zero-order valence-corrected chi connectivity index (χ0v) is 7.53.